The third-order valence-electron chi connectivity index (χ3n) is 3.61. The zero-order valence-electron chi connectivity index (χ0n) is 13.7. The van der Waals surface area contributed by atoms with Crippen LogP contribution in [0.15, 0.2) is 84.0 Å². The summed E-state index contributed by atoms with van der Waals surface area (Å²) in [5, 5.41) is 4.99. The van der Waals surface area contributed by atoms with Crippen molar-refractivity contribution in [2.24, 2.45) is 5.10 Å². The second-order valence-corrected chi connectivity index (χ2v) is 6.00. The molecule has 0 radical (unpaired) electrons. The summed E-state index contributed by atoms with van der Waals surface area (Å²) >= 11 is 5.89. The van der Waals surface area contributed by atoms with Crippen LogP contribution in [0, 0.1) is 0 Å². The standard InChI is InChI=1S/C21H19ClN2O/c22-20-11-9-18(10-12-20)16-25-21-8-4-7-19(13-21)15-24-23-14-17-5-2-1-3-6-17/h1-13,15,23H,14,16H2. The minimum absolute atomic E-state index is 0.504. The Morgan fingerprint density at radius 2 is 1.68 bits per heavy atom. The maximum Gasteiger partial charge on any atom is 0.120 e. The summed E-state index contributed by atoms with van der Waals surface area (Å²) < 4.78 is 5.82. The fourth-order valence-electron chi connectivity index (χ4n) is 2.28. The van der Waals surface area contributed by atoms with E-state index < -0.39 is 0 Å². The lowest BCUT2D eigenvalue weighted by Crippen LogP contribution is -2.05. The van der Waals surface area contributed by atoms with Gasteiger partial charge in [-0.3, -0.25) is 0 Å². The first-order chi connectivity index (χ1) is 12.3. The number of nitrogens with one attached hydrogen (secondary N) is 1. The summed E-state index contributed by atoms with van der Waals surface area (Å²) in [6.45, 7) is 1.20. The molecular weight excluding hydrogens is 332 g/mol. The molecule has 0 aromatic heterocycles. The van der Waals surface area contributed by atoms with Crippen LogP contribution in [0.25, 0.3) is 0 Å². The Kier molecular flexibility index (Phi) is 6.07. The fraction of sp³-hybridized carbons (Fsp3) is 0.0952. The van der Waals surface area contributed by atoms with Gasteiger partial charge >= 0.3 is 0 Å². The van der Waals surface area contributed by atoms with Crippen LogP contribution in [0.5, 0.6) is 5.75 Å². The highest BCUT2D eigenvalue weighted by molar-refractivity contribution is 6.30. The molecular formula is C21H19ClN2O. The van der Waals surface area contributed by atoms with Crippen LogP contribution < -0.4 is 10.2 Å². The Labute approximate surface area is 152 Å². The third-order valence-corrected chi connectivity index (χ3v) is 3.86. The first-order valence-electron chi connectivity index (χ1n) is 8.07. The monoisotopic (exact) mass is 350 g/mol. The van der Waals surface area contributed by atoms with E-state index in [-0.39, 0.29) is 0 Å². The average Bonchev–Trinajstić information content (AvgIpc) is 2.66. The largest absolute Gasteiger partial charge is 0.489 e. The Balaban J connectivity index is 1.52. The lowest BCUT2D eigenvalue weighted by molar-refractivity contribution is 0.306. The number of ether oxygens (including phenoxy) is 1. The molecule has 3 aromatic carbocycles. The van der Waals surface area contributed by atoms with Gasteiger partial charge in [0.25, 0.3) is 0 Å². The molecule has 126 valence electrons. The van der Waals surface area contributed by atoms with Gasteiger partial charge in [-0.1, -0.05) is 66.2 Å². The summed E-state index contributed by atoms with van der Waals surface area (Å²) in [5.74, 6) is 0.807. The van der Waals surface area contributed by atoms with Gasteiger partial charge in [-0.05, 0) is 41.0 Å². The highest BCUT2D eigenvalue weighted by Gasteiger charge is 1.98. The number of benzene rings is 3. The summed E-state index contributed by atoms with van der Waals surface area (Å²) in [6.07, 6.45) is 1.79. The molecule has 0 aliphatic heterocycles. The van der Waals surface area contributed by atoms with E-state index in [0.29, 0.717) is 13.2 Å². The quantitative estimate of drug-likeness (QED) is 0.478. The molecule has 3 nitrogen and oxygen atoms in total. The smallest absolute Gasteiger partial charge is 0.120 e. The lowest BCUT2D eigenvalue weighted by Gasteiger charge is -2.07. The molecule has 0 saturated heterocycles. The van der Waals surface area contributed by atoms with Crippen LogP contribution in [-0.2, 0) is 13.2 Å². The van der Waals surface area contributed by atoms with E-state index in [1.165, 1.54) is 5.56 Å². The van der Waals surface area contributed by atoms with Crippen molar-refractivity contribution in [2.75, 3.05) is 0 Å². The lowest BCUT2D eigenvalue weighted by atomic mass is 10.2. The number of nitrogens with zero attached hydrogens (tertiary/aromatic N) is 1. The zero-order chi connectivity index (χ0) is 17.3. The first kappa shape index (κ1) is 17.1. The molecule has 25 heavy (non-hydrogen) atoms. The van der Waals surface area contributed by atoms with Crippen molar-refractivity contribution in [1.82, 2.24) is 5.43 Å². The van der Waals surface area contributed by atoms with Gasteiger partial charge in [-0.2, -0.15) is 5.10 Å². The van der Waals surface area contributed by atoms with Crippen LogP contribution in [-0.4, -0.2) is 6.21 Å². The Hall–Kier alpha value is -2.78. The van der Waals surface area contributed by atoms with E-state index in [2.05, 4.69) is 22.7 Å². The molecule has 0 spiro atoms. The van der Waals surface area contributed by atoms with E-state index in [1.807, 2.05) is 66.7 Å². The summed E-state index contributed by atoms with van der Waals surface area (Å²) in [7, 11) is 0. The van der Waals surface area contributed by atoms with Gasteiger partial charge in [0.1, 0.15) is 12.4 Å². The molecule has 0 saturated carbocycles. The molecule has 0 amide bonds. The van der Waals surface area contributed by atoms with Crippen LogP contribution in [0.2, 0.25) is 5.02 Å². The van der Waals surface area contributed by atoms with Crippen molar-refractivity contribution in [1.29, 1.82) is 0 Å². The molecule has 0 atom stereocenters. The average molecular weight is 351 g/mol. The van der Waals surface area contributed by atoms with Crippen LogP contribution in [0.3, 0.4) is 0 Å². The fourth-order valence-corrected chi connectivity index (χ4v) is 2.41. The number of hydrazone groups is 1. The minimum atomic E-state index is 0.504. The van der Waals surface area contributed by atoms with Gasteiger partial charge in [0.15, 0.2) is 0 Å². The van der Waals surface area contributed by atoms with Crippen molar-refractivity contribution < 1.29 is 4.74 Å². The van der Waals surface area contributed by atoms with Gasteiger partial charge < -0.3 is 10.2 Å². The number of halogens is 1. The molecule has 0 fully saturated rings. The minimum Gasteiger partial charge on any atom is -0.489 e. The Morgan fingerprint density at radius 3 is 2.48 bits per heavy atom. The molecule has 4 heteroatoms. The van der Waals surface area contributed by atoms with Crippen molar-refractivity contribution >= 4 is 17.8 Å². The second kappa shape index (κ2) is 8.90. The van der Waals surface area contributed by atoms with Crippen LogP contribution in [0.1, 0.15) is 16.7 Å². The molecule has 0 heterocycles. The molecule has 0 bridgehead atoms. The molecule has 3 rings (SSSR count). The third kappa shape index (κ3) is 5.66. The van der Waals surface area contributed by atoms with Crippen molar-refractivity contribution in [3.05, 3.63) is 101 Å². The maximum atomic E-state index is 5.89. The van der Waals surface area contributed by atoms with Gasteiger partial charge in [-0.25, -0.2) is 0 Å². The van der Waals surface area contributed by atoms with E-state index in [0.717, 1.165) is 21.9 Å². The van der Waals surface area contributed by atoms with E-state index in [1.54, 1.807) is 6.21 Å². The Bertz CT molecular complexity index is 817. The van der Waals surface area contributed by atoms with Crippen LogP contribution in [0.4, 0.5) is 0 Å². The normalized spacial score (nSPS) is 10.8. The maximum absolute atomic E-state index is 5.89. The number of hydrogen-bond donors (Lipinski definition) is 1. The zero-order valence-corrected chi connectivity index (χ0v) is 14.5. The van der Waals surface area contributed by atoms with Crippen LogP contribution >= 0.6 is 11.6 Å². The van der Waals surface area contributed by atoms with Gasteiger partial charge in [-0.15, -0.1) is 0 Å². The number of rotatable bonds is 7. The SMILES string of the molecule is Clc1ccc(COc2cccc(C=NNCc3ccccc3)c2)cc1. The highest BCUT2D eigenvalue weighted by atomic mass is 35.5. The molecule has 0 aliphatic rings. The summed E-state index contributed by atoms with van der Waals surface area (Å²) in [5.41, 5.74) is 6.30. The van der Waals surface area contributed by atoms with E-state index in [9.17, 15) is 0 Å². The van der Waals surface area contributed by atoms with Gasteiger partial charge in [0.05, 0.1) is 12.8 Å². The van der Waals surface area contributed by atoms with Crippen molar-refractivity contribution in [2.45, 2.75) is 13.2 Å². The summed E-state index contributed by atoms with van der Waals surface area (Å²) in [4.78, 5) is 0. The Morgan fingerprint density at radius 1 is 0.880 bits per heavy atom. The van der Waals surface area contributed by atoms with Gasteiger partial charge in [0.2, 0.25) is 0 Å². The summed E-state index contributed by atoms with van der Waals surface area (Å²) in [6, 6.07) is 25.6. The topological polar surface area (TPSA) is 33.6 Å². The predicted octanol–water partition coefficient (Wildman–Crippen LogP) is 5.04. The van der Waals surface area contributed by atoms with E-state index in [4.69, 9.17) is 16.3 Å². The molecule has 0 unspecified atom stereocenters. The van der Waals surface area contributed by atoms with Crippen molar-refractivity contribution in [3.8, 4) is 5.75 Å². The molecule has 3 aromatic rings. The molecule has 1 N–H and O–H groups in total. The first-order valence-corrected chi connectivity index (χ1v) is 8.44. The van der Waals surface area contributed by atoms with E-state index >= 15 is 0 Å². The van der Waals surface area contributed by atoms with Gasteiger partial charge in [0, 0.05) is 5.02 Å². The van der Waals surface area contributed by atoms with Crippen molar-refractivity contribution in [3.63, 3.8) is 0 Å². The molecule has 0 aliphatic carbocycles. The highest BCUT2D eigenvalue weighted by Crippen LogP contribution is 2.15. The number of hydrogen-bond acceptors (Lipinski definition) is 3. The predicted molar refractivity (Wildman–Crippen MR) is 103 cm³/mol. The second-order valence-electron chi connectivity index (χ2n) is 5.57.